The molecule has 3 nitrogen and oxygen atoms in total. The summed E-state index contributed by atoms with van der Waals surface area (Å²) in [5.41, 5.74) is 0.752. The summed E-state index contributed by atoms with van der Waals surface area (Å²) in [6.07, 6.45) is 1.74. The summed E-state index contributed by atoms with van der Waals surface area (Å²) in [7, 11) is 0. The molecule has 5 heteroatoms. The van der Waals surface area contributed by atoms with E-state index in [0.717, 1.165) is 25.9 Å². The predicted octanol–water partition coefficient (Wildman–Crippen LogP) is 3.10. The Labute approximate surface area is 147 Å². The van der Waals surface area contributed by atoms with Crippen LogP contribution in [0.15, 0.2) is 48.5 Å². The number of halogens is 2. The number of nitrogens with one attached hydrogen (secondary N) is 1. The van der Waals surface area contributed by atoms with Gasteiger partial charge in [0, 0.05) is 24.2 Å². The highest BCUT2D eigenvalue weighted by Crippen LogP contribution is 2.26. The maximum atomic E-state index is 14.3. The van der Waals surface area contributed by atoms with Crippen LogP contribution >= 0.6 is 0 Å². The van der Waals surface area contributed by atoms with Crippen LogP contribution in [0.4, 0.5) is 8.78 Å². The molecule has 0 spiro atoms. The third kappa shape index (κ3) is 4.63. The maximum absolute atomic E-state index is 14.3. The highest BCUT2D eigenvalue weighted by atomic mass is 19.1. The normalized spacial score (nSPS) is 16.5. The number of hydrogen-bond acceptors (Lipinski definition) is 3. The first-order chi connectivity index (χ1) is 12.1. The number of likely N-dealkylation sites (tertiary alicyclic amines) is 1. The minimum Gasteiger partial charge on any atom is -0.390 e. The topological polar surface area (TPSA) is 35.5 Å². The molecule has 0 bridgehead atoms. The van der Waals surface area contributed by atoms with E-state index in [1.807, 2.05) is 0 Å². The molecule has 25 heavy (non-hydrogen) atoms. The van der Waals surface area contributed by atoms with E-state index >= 15 is 0 Å². The summed E-state index contributed by atoms with van der Waals surface area (Å²) in [6, 6.07) is 12.1. The van der Waals surface area contributed by atoms with Gasteiger partial charge in [0.15, 0.2) is 0 Å². The molecule has 1 atom stereocenters. The van der Waals surface area contributed by atoms with Crippen LogP contribution in [0, 0.1) is 11.6 Å². The summed E-state index contributed by atoms with van der Waals surface area (Å²) < 4.78 is 28.6. The Kier molecular flexibility index (Phi) is 6.13. The fourth-order valence-corrected chi connectivity index (χ4v) is 3.39. The number of β-amino-alcohol motifs (C(OH)–C–C–N with tert-alkyl or cyclic N) is 1. The predicted molar refractivity (Wildman–Crippen MR) is 94.3 cm³/mol. The first kappa shape index (κ1) is 18.0. The molecule has 1 aliphatic heterocycles. The second kappa shape index (κ2) is 8.52. The summed E-state index contributed by atoms with van der Waals surface area (Å²) >= 11 is 0. The molecular weight excluding hydrogens is 322 g/mol. The van der Waals surface area contributed by atoms with Crippen molar-refractivity contribution in [3.63, 3.8) is 0 Å². The molecule has 134 valence electrons. The van der Waals surface area contributed by atoms with Gasteiger partial charge in [-0.25, -0.2) is 8.78 Å². The van der Waals surface area contributed by atoms with Crippen molar-refractivity contribution in [2.75, 3.05) is 26.2 Å². The Hall–Kier alpha value is -1.82. The smallest absolute Gasteiger partial charge is 0.128 e. The lowest BCUT2D eigenvalue weighted by atomic mass is 9.97. The van der Waals surface area contributed by atoms with Crippen molar-refractivity contribution in [3.05, 3.63) is 71.3 Å². The quantitative estimate of drug-likeness (QED) is 0.809. The zero-order valence-electron chi connectivity index (χ0n) is 14.2. The second-order valence-corrected chi connectivity index (χ2v) is 6.55. The number of benzene rings is 2. The van der Waals surface area contributed by atoms with Crippen molar-refractivity contribution in [2.45, 2.75) is 25.0 Å². The van der Waals surface area contributed by atoms with E-state index in [1.165, 1.54) is 12.1 Å². The van der Waals surface area contributed by atoms with E-state index in [1.54, 1.807) is 36.4 Å². The fourth-order valence-electron chi connectivity index (χ4n) is 3.39. The SMILES string of the molecule is OC(CNC(c1ccccc1F)c1ccccc1F)CN1CCCC1. The number of aliphatic hydroxyl groups is 1. The molecule has 0 aliphatic carbocycles. The molecule has 1 saturated heterocycles. The lowest BCUT2D eigenvalue weighted by Crippen LogP contribution is -2.39. The van der Waals surface area contributed by atoms with Gasteiger partial charge in [-0.3, -0.25) is 0 Å². The van der Waals surface area contributed by atoms with Gasteiger partial charge in [-0.1, -0.05) is 36.4 Å². The van der Waals surface area contributed by atoms with Gasteiger partial charge in [-0.2, -0.15) is 0 Å². The van der Waals surface area contributed by atoms with Gasteiger partial charge in [0.2, 0.25) is 0 Å². The van der Waals surface area contributed by atoms with Crippen molar-refractivity contribution >= 4 is 0 Å². The first-order valence-electron chi connectivity index (χ1n) is 8.78. The van der Waals surface area contributed by atoms with Crippen LogP contribution in [0.2, 0.25) is 0 Å². The number of rotatable bonds is 7. The molecule has 1 aliphatic rings. The van der Waals surface area contributed by atoms with Crippen LogP contribution in [0.3, 0.4) is 0 Å². The number of hydrogen-bond donors (Lipinski definition) is 2. The van der Waals surface area contributed by atoms with Crippen molar-refractivity contribution in [3.8, 4) is 0 Å². The average Bonchev–Trinajstić information content (AvgIpc) is 3.11. The molecule has 0 saturated carbocycles. The van der Waals surface area contributed by atoms with E-state index in [4.69, 9.17) is 0 Å². The van der Waals surface area contributed by atoms with Gasteiger partial charge in [-0.15, -0.1) is 0 Å². The number of nitrogens with zero attached hydrogens (tertiary/aromatic N) is 1. The van der Waals surface area contributed by atoms with Crippen molar-refractivity contribution in [2.24, 2.45) is 0 Å². The summed E-state index contributed by atoms with van der Waals surface area (Å²) in [5.74, 6) is -0.783. The Morgan fingerprint density at radius 3 is 1.96 bits per heavy atom. The Bertz CT molecular complexity index is 643. The lowest BCUT2D eigenvalue weighted by Gasteiger charge is -2.24. The molecule has 0 amide bonds. The van der Waals surface area contributed by atoms with E-state index in [0.29, 0.717) is 17.7 Å². The Balaban J connectivity index is 1.75. The fraction of sp³-hybridized carbons (Fsp3) is 0.400. The molecule has 1 fully saturated rings. The van der Waals surface area contributed by atoms with Gasteiger partial charge in [-0.05, 0) is 38.1 Å². The molecule has 1 heterocycles. The maximum Gasteiger partial charge on any atom is 0.128 e. The molecule has 0 radical (unpaired) electrons. The van der Waals surface area contributed by atoms with Crippen LogP contribution in [0.5, 0.6) is 0 Å². The molecule has 2 N–H and O–H groups in total. The molecule has 1 unspecified atom stereocenters. The van der Waals surface area contributed by atoms with E-state index in [9.17, 15) is 13.9 Å². The Morgan fingerprint density at radius 1 is 0.920 bits per heavy atom. The third-order valence-electron chi connectivity index (χ3n) is 4.66. The first-order valence-corrected chi connectivity index (χ1v) is 8.78. The minimum atomic E-state index is -0.643. The largest absolute Gasteiger partial charge is 0.390 e. The highest BCUT2D eigenvalue weighted by molar-refractivity contribution is 5.33. The minimum absolute atomic E-state index is 0.268. The van der Waals surface area contributed by atoms with Crippen LogP contribution in [-0.2, 0) is 0 Å². The van der Waals surface area contributed by atoms with Gasteiger partial charge in [0.1, 0.15) is 11.6 Å². The van der Waals surface area contributed by atoms with E-state index < -0.39 is 23.8 Å². The number of aliphatic hydroxyl groups excluding tert-OH is 1. The van der Waals surface area contributed by atoms with Crippen LogP contribution in [0.1, 0.15) is 30.0 Å². The molecular formula is C20H24F2N2O. The van der Waals surface area contributed by atoms with Crippen molar-refractivity contribution in [1.29, 1.82) is 0 Å². The van der Waals surface area contributed by atoms with Gasteiger partial charge in [0.25, 0.3) is 0 Å². The molecule has 0 aromatic heterocycles. The van der Waals surface area contributed by atoms with Gasteiger partial charge >= 0.3 is 0 Å². The van der Waals surface area contributed by atoms with Crippen molar-refractivity contribution < 1.29 is 13.9 Å². The second-order valence-electron chi connectivity index (χ2n) is 6.55. The zero-order chi connectivity index (χ0) is 17.6. The highest BCUT2D eigenvalue weighted by Gasteiger charge is 2.22. The van der Waals surface area contributed by atoms with Crippen LogP contribution < -0.4 is 5.32 Å². The molecule has 3 rings (SSSR count). The average molecular weight is 346 g/mol. The third-order valence-corrected chi connectivity index (χ3v) is 4.66. The standard InChI is InChI=1S/C20H24F2N2O/c21-18-9-3-1-7-16(18)20(17-8-2-4-10-19(17)22)23-13-15(25)14-24-11-5-6-12-24/h1-4,7-10,15,20,23,25H,5-6,11-14H2. The zero-order valence-corrected chi connectivity index (χ0v) is 14.2. The monoisotopic (exact) mass is 346 g/mol. The van der Waals surface area contributed by atoms with E-state index in [-0.39, 0.29) is 6.54 Å². The lowest BCUT2D eigenvalue weighted by molar-refractivity contribution is 0.121. The van der Waals surface area contributed by atoms with Gasteiger partial charge in [0.05, 0.1) is 12.1 Å². The van der Waals surface area contributed by atoms with Gasteiger partial charge < -0.3 is 15.3 Å². The summed E-state index contributed by atoms with van der Waals surface area (Å²) in [5, 5.41) is 13.5. The Morgan fingerprint density at radius 2 is 1.44 bits per heavy atom. The van der Waals surface area contributed by atoms with Crippen LogP contribution in [0.25, 0.3) is 0 Å². The van der Waals surface area contributed by atoms with E-state index in [2.05, 4.69) is 10.2 Å². The van der Waals surface area contributed by atoms with Crippen LogP contribution in [-0.4, -0.2) is 42.3 Å². The molecule has 2 aromatic carbocycles. The summed E-state index contributed by atoms with van der Waals surface area (Å²) in [4.78, 5) is 2.22. The molecule has 2 aromatic rings. The summed E-state index contributed by atoms with van der Waals surface area (Å²) in [6.45, 7) is 2.85. The van der Waals surface area contributed by atoms with Crippen molar-refractivity contribution in [1.82, 2.24) is 10.2 Å².